The molecule has 8 nitrogen and oxygen atoms in total. The van der Waals surface area contributed by atoms with E-state index in [1.807, 2.05) is 27.2 Å². The summed E-state index contributed by atoms with van der Waals surface area (Å²) >= 11 is 0. The third kappa shape index (κ3) is 44.8. The van der Waals surface area contributed by atoms with Crippen molar-refractivity contribution in [3.63, 3.8) is 0 Å². The fourth-order valence-electron chi connectivity index (χ4n) is 7.30. The van der Waals surface area contributed by atoms with Crippen molar-refractivity contribution in [3.8, 4) is 0 Å². The first-order valence-electron chi connectivity index (χ1n) is 25.4. The number of aliphatic hydroxyl groups excluding tert-OH is 1. The van der Waals surface area contributed by atoms with E-state index in [0.29, 0.717) is 17.4 Å². The number of phosphoric ester groups is 1. The molecule has 3 unspecified atom stereocenters. The average molecular weight is 867 g/mol. The Kier molecular flexibility index (Phi) is 42.1. The molecule has 0 aliphatic heterocycles. The van der Waals surface area contributed by atoms with Crippen molar-refractivity contribution in [1.82, 2.24) is 5.32 Å². The number of carbonyl (C=O) groups excluding carboxylic acids is 1. The van der Waals surface area contributed by atoms with Crippen LogP contribution in [-0.2, 0) is 18.4 Å². The molecule has 0 aromatic rings. The van der Waals surface area contributed by atoms with Crippen LogP contribution in [0.1, 0.15) is 232 Å². The van der Waals surface area contributed by atoms with Gasteiger partial charge in [-0.15, -0.1) is 0 Å². The molecule has 0 rings (SSSR count). The Morgan fingerprint density at radius 2 is 0.933 bits per heavy atom. The molecular formula is C51H99N2O6P. The van der Waals surface area contributed by atoms with Gasteiger partial charge in [-0.2, -0.15) is 0 Å². The van der Waals surface area contributed by atoms with Crippen molar-refractivity contribution in [3.05, 3.63) is 36.5 Å². The number of carbonyl (C=O) groups is 1. The van der Waals surface area contributed by atoms with Gasteiger partial charge < -0.3 is 28.8 Å². The van der Waals surface area contributed by atoms with E-state index in [0.717, 1.165) is 44.9 Å². The number of likely N-dealkylation sites (N-methyl/N-ethyl adjacent to an activating group) is 1. The zero-order chi connectivity index (χ0) is 44.3. The van der Waals surface area contributed by atoms with E-state index in [1.54, 1.807) is 6.08 Å². The van der Waals surface area contributed by atoms with Crippen molar-refractivity contribution < 1.29 is 32.9 Å². The molecule has 1 amide bonds. The van der Waals surface area contributed by atoms with Gasteiger partial charge >= 0.3 is 0 Å². The smallest absolute Gasteiger partial charge is 0.268 e. The van der Waals surface area contributed by atoms with Crippen LogP contribution in [0.5, 0.6) is 0 Å². The van der Waals surface area contributed by atoms with E-state index in [2.05, 4.69) is 43.5 Å². The second kappa shape index (κ2) is 43.0. The highest BCUT2D eigenvalue weighted by molar-refractivity contribution is 7.45. The minimum absolute atomic E-state index is 0.00776. The SMILES string of the molecule is CCCCCC/C=C/CC/C=C/CC/C=C/C(O)C(COP(=O)([O-])OCC[N+](C)(C)C)NC(=O)CCCCCCCCCCCCCCCCCCCCCCCCCC. The van der Waals surface area contributed by atoms with Crippen LogP contribution in [0.15, 0.2) is 36.5 Å². The maximum Gasteiger partial charge on any atom is 0.268 e. The van der Waals surface area contributed by atoms with E-state index in [4.69, 9.17) is 9.05 Å². The van der Waals surface area contributed by atoms with E-state index < -0.39 is 26.6 Å². The molecule has 0 aliphatic rings. The van der Waals surface area contributed by atoms with Gasteiger partial charge in [0.2, 0.25) is 5.91 Å². The lowest BCUT2D eigenvalue weighted by molar-refractivity contribution is -0.870. The maximum atomic E-state index is 12.9. The van der Waals surface area contributed by atoms with Crippen molar-refractivity contribution in [2.45, 2.75) is 244 Å². The first-order valence-corrected chi connectivity index (χ1v) is 26.8. The topological polar surface area (TPSA) is 108 Å². The molecule has 0 radical (unpaired) electrons. The van der Waals surface area contributed by atoms with Gasteiger partial charge in [0.05, 0.1) is 39.9 Å². The summed E-state index contributed by atoms with van der Waals surface area (Å²) in [5, 5.41) is 13.8. The highest BCUT2D eigenvalue weighted by Gasteiger charge is 2.23. The number of rotatable bonds is 46. The summed E-state index contributed by atoms with van der Waals surface area (Å²) < 4.78 is 23.2. The second-order valence-electron chi connectivity index (χ2n) is 18.5. The van der Waals surface area contributed by atoms with Gasteiger partial charge in [0, 0.05) is 6.42 Å². The number of quaternary nitrogens is 1. The van der Waals surface area contributed by atoms with E-state index in [1.165, 1.54) is 167 Å². The van der Waals surface area contributed by atoms with Gasteiger partial charge in [-0.1, -0.05) is 217 Å². The molecule has 0 aromatic carbocycles. The number of phosphoric acid groups is 1. The molecule has 0 saturated carbocycles. The normalized spacial score (nSPS) is 14.4. The monoisotopic (exact) mass is 867 g/mol. The van der Waals surface area contributed by atoms with Crippen LogP contribution in [0, 0.1) is 0 Å². The van der Waals surface area contributed by atoms with Gasteiger partial charge in [0.1, 0.15) is 13.2 Å². The minimum atomic E-state index is -4.60. The number of unbranched alkanes of at least 4 members (excludes halogenated alkanes) is 29. The molecule has 0 fully saturated rings. The molecule has 354 valence electrons. The molecule has 0 bridgehead atoms. The van der Waals surface area contributed by atoms with Gasteiger partial charge in [-0.3, -0.25) is 9.36 Å². The number of nitrogens with one attached hydrogen (secondary N) is 1. The lowest BCUT2D eigenvalue weighted by Crippen LogP contribution is -2.45. The van der Waals surface area contributed by atoms with E-state index >= 15 is 0 Å². The molecule has 0 heterocycles. The predicted octanol–water partition coefficient (Wildman–Crippen LogP) is 14.0. The molecule has 0 aromatic heterocycles. The number of allylic oxidation sites excluding steroid dienone is 5. The maximum absolute atomic E-state index is 12.9. The van der Waals surface area contributed by atoms with Crippen LogP contribution in [0.2, 0.25) is 0 Å². The fourth-order valence-corrected chi connectivity index (χ4v) is 8.03. The van der Waals surface area contributed by atoms with Crippen LogP contribution >= 0.6 is 7.82 Å². The Labute approximate surface area is 372 Å². The predicted molar refractivity (Wildman–Crippen MR) is 256 cm³/mol. The molecule has 0 saturated heterocycles. The Bertz CT molecular complexity index is 1070. The van der Waals surface area contributed by atoms with Gasteiger partial charge in [0.15, 0.2) is 0 Å². The number of amides is 1. The third-order valence-corrected chi connectivity index (χ3v) is 12.3. The summed E-state index contributed by atoms with van der Waals surface area (Å²) in [4.78, 5) is 25.4. The number of hydrogen-bond donors (Lipinski definition) is 2. The highest BCUT2D eigenvalue weighted by Crippen LogP contribution is 2.38. The van der Waals surface area contributed by atoms with Crippen LogP contribution in [0.3, 0.4) is 0 Å². The summed E-state index contributed by atoms with van der Waals surface area (Å²) in [5.41, 5.74) is 0. The molecule has 3 atom stereocenters. The standard InChI is InChI=1S/C51H99N2O6P/c1-6-8-10-12-14-16-18-20-22-23-24-25-26-27-28-29-30-31-33-35-37-39-41-43-45-51(55)52-49(48-59-60(56,57)58-47-46-53(3,4)5)50(54)44-42-40-38-36-34-32-21-19-17-15-13-11-9-7-2/h17,19,34,36,42,44,49-50,54H,6-16,18,20-33,35,37-41,43,45-48H2,1-5H3,(H-,52,55,56,57)/b19-17+,36-34+,44-42+. The van der Waals surface area contributed by atoms with Crippen LogP contribution in [0.25, 0.3) is 0 Å². The first kappa shape index (κ1) is 58.7. The third-order valence-electron chi connectivity index (χ3n) is 11.3. The Hall–Kier alpha value is -1.28. The summed E-state index contributed by atoms with van der Waals surface area (Å²) in [7, 11) is 1.24. The summed E-state index contributed by atoms with van der Waals surface area (Å²) in [6.07, 6.45) is 53.5. The first-order chi connectivity index (χ1) is 29.0. The Balaban J connectivity index is 4.25. The largest absolute Gasteiger partial charge is 0.756 e. The van der Waals surface area contributed by atoms with Crippen LogP contribution in [0.4, 0.5) is 0 Å². The van der Waals surface area contributed by atoms with Gasteiger partial charge in [-0.05, 0) is 44.9 Å². The highest BCUT2D eigenvalue weighted by atomic mass is 31.2. The lowest BCUT2D eigenvalue weighted by atomic mass is 10.0. The van der Waals surface area contributed by atoms with E-state index in [9.17, 15) is 19.4 Å². The van der Waals surface area contributed by atoms with Crippen molar-refractivity contribution >= 4 is 13.7 Å². The molecule has 2 N–H and O–H groups in total. The molecule has 9 heteroatoms. The number of hydrogen-bond acceptors (Lipinski definition) is 6. The van der Waals surface area contributed by atoms with Gasteiger partial charge in [0.25, 0.3) is 7.82 Å². The quantitative estimate of drug-likeness (QED) is 0.0273. The summed E-state index contributed by atoms with van der Waals surface area (Å²) in [6, 6.07) is -0.906. The average Bonchev–Trinajstić information content (AvgIpc) is 3.20. The van der Waals surface area contributed by atoms with Crippen LogP contribution in [-0.4, -0.2) is 68.5 Å². The Morgan fingerprint density at radius 1 is 0.567 bits per heavy atom. The van der Waals surface area contributed by atoms with Crippen molar-refractivity contribution in [2.75, 3.05) is 40.9 Å². The van der Waals surface area contributed by atoms with Crippen molar-refractivity contribution in [2.24, 2.45) is 0 Å². The number of nitrogens with zero attached hydrogens (tertiary/aromatic N) is 1. The van der Waals surface area contributed by atoms with Crippen LogP contribution < -0.4 is 10.2 Å². The fraction of sp³-hybridized carbons (Fsp3) is 0.863. The van der Waals surface area contributed by atoms with Gasteiger partial charge in [-0.25, -0.2) is 0 Å². The van der Waals surface area contributed by atoms with E-state index in [-0.39, 0.29) is 12.5 Å². The molecule has 0 spiro atoms. The lowest BCUT2D eigenvalue weighted by Gasteiger charge is -2.29. The summed E-state index contributed by atoms with van der Waals surface area (Å²) in [6.45, 7) is 4.61. The zero-order valence-electron chi connectivity index (χ0n) is 40.2. The molecular weight excluding hydrogens is 768 g/mol. The second-order valence-corrected chi connectivity index (χ2v) is 19.9. The van der Waals surface area contributed by atoms with Crippen molar-refractivity contribution in [1.29, 1.82) is 0 Å². The number of aliphatic hydroxyl groups is 1. The molecule has 0 aliphatic carbocycles. The zero-order valence-corrected chi connectivity index (χ0v) is 41.1. The Morgan fingerprint density at radius 3 is 1.35 bits per heavy atom. The molecule has 60 heavy (non-hydrogen) atoms. The minimum Gasteiger partial charge on any atom is -0.756 e. The summed E-state index contributed by atoms with van der Waals surface area (Å²) in [5.74, 6) is -0.209.